The quantitative estimate of drug-likeness (QED) is 0.321. The van der Waals surface area contributed by atoms with Gasteiger partial charge in [0.15, 0.2) is 16.9 Å². The Balaban J connectivity index is 1.74. The zero-order chi connectivity index (χ0) is 24.1. The Morgan fingerprint density at radius 3 is 2.50 bits per heavy atom. The first-order chi connectivity index (χ1) is 16.6. The lowest BCUT2D eigenvalue weighted by molar-refractivity contribution is 0.0725. The molecule has 0 saturated carbocycles. The molecule has 1 unspecified atom stereocenters. The van der Waals surface area contributed by atoms with Crippen LogP contribution in [0.2, 0.25) is 0 Å². The predicted molar refractivity (Wildman–Crippen MR) is 133 cm³/mol. The highest BCUT2D eigenvalue weighted by Crippen LogP contribution is 2.41. The van der Waals surface area contributed by atoms with E-state index in [2.05, 4.69) is 13.8 Å². The van der Waals surface area contributed by atoms with Crippen molar-refractivity contribution in [3.05, 3.63) is 69.6 Å². The molecule has 4 rings (SSSR count). The molecule has 2 heterocycles. The van der Waals surface area contributed by atoms with Crippen LogP contribution in [0, 0.1) is 0 Å². The van der Waals surface area contributed by atoms with E-state index < -0.39 is 6.04 Å². The van der Waals surface area contributed by atoms with Gasteiger partial charge in [0.25, 0.3) is 5.91 Å². The molecule has 180 valence electrons. The van der Waals surface area contributed by atoms with E-state index >= 15 is 0 Å². The summed E-state index contributed by atoms with van der Waals surface area (Å²) in [6.45, 7) is 5.43. The molecule has 0 N–H and O–H groups in total. The maximum atomic E-state index is 13.5. The van der Waals surface area contributed by atoms with Crippen LogP contribution in [0.1, 0.15) is 80.1 Å². The third-order valence-corrected chi connectivity index (χ3v) is 6.38. The van der Waals surface area contributed by atoms with Gasteiger partial charge >= 0.3 is 0 Å². The number of para-hydroxylation sites is 1. The third-order valence-electron chi connectivity index (χ3n) is 6.38. The standard InChI is InChI=1S/C28H33NO5/c1-4-6-8-11-17-33-22-15-14-19(18-23(22)32-3)25-24-26(30)20-12-9-10-13-21(20)34-27(24)28(31)29(25)16-7-5-2/h9-10,12-15,18,25H,4-8,11,16-17H2,1-3H3. The smallest absolute Gasteiger partial charge is 0.290 e. The number of ether oxygens (including phenoxy) is 2. The highest BCUT2D eigenvalue weighted by atomic mass is 16.5. The molecule has 34 heavy (non-hydrogen) atoms. The van der Waals surface area contributed by atoms with E-state index in [9.17, 15) is 9.59 Å². The number of unbranched alkanes of at least 4 members (excludes halogenated alkanes) is 4. The van der Waals surface area contributed by atoms with Crippen molar-refractivity contribution in [2.75, 3.05) is 20.3 Å². The van der Waals surface area contributed by atoms with Crippen molar-refractivity contribution in [2.45, 2.75) is 58.4 Å². The summed E-state index contributed by atoms with van der Waals surface area (Å²) in [5.41, 5.74) is 1.47. The molecule has 1 atom stereocenters. The average Bonchev–Trinajstić information content (AvgIpc) is 3.14. The number of methoxy groups -OCH3 is 1. The van der Waals surface area contributed by atoms with Gasteiger partial charge in [-0.15, -0.1) is 0 Å². The van der Waals surface area contributed by atoms with Crippen LogP contribution >= 0.6 is 0 Å². The van der Waals surface area contributed by atoms with Crippen molar-refractivity contribution in [2.24, 2.45) is 0 Å². The van der Waals surface area contributed by atoms with Crippen molar-refractivity contribution >= 4 is 16.9 Å². The number of hydrogen-bond acceptors (Lipinski definition) is 5. The highest BCUT2D eigenvalue weighted by Gasteiger charge is 2.42. The molecule has 0 bridgehead atoms. The van der Waals surface area contributed by atoms with Gasteiger partial charge in [0.05, 0.1) is 30.7 Å². The second-order valence-electron chi connectivity index (χ2n) is 8.74. The number of rotatable bonds is 11. The minimum Gasteiger partial charge on any atom is -0.493 e. The highest BCUT2D eigenvalue weighted by molar-refractivity contribution is 5.99. The number of nitrogens with zero attached hydrogens (tertiary/aromatic N) is 1. The van der Waals surface area contributed by atoms with Crippen molar-refractivity contribution in [3.8, 4) is 11.5 Å². The van der Waals surface area contributed by atoms with Crippen LogP contribution in [-0.2, 0) is 0 Å². The molecular formula is C28H33NO5. The summed E-state index contributed by atoms with van der Waals surface area (Å²) >= 11 is 0. The van der Waals surface area contributed by atoms with Crippen molar-refractivity contribution in [3.63, 3.8) is 0 Å². The minimum atomic E-state index is -0.526. The number of carbonyl (C=O) groups is 1. The zero-order valence-electron chi connectivity index (χ0n) is 20.3. The Kier molecular flexibility index (Phi) is 7.56. The third kappa shape index (κ3) is 4.54. The number of fused-ring (bicyclic) bond motifs is 2. The lowest BCUT2D eigenvalue weighted by atomic mass is 9.98. The van der Waals surface area contributed by atoms with E-state index in [1.807, 2.05) is 24.3 Å². The van der Waals surface area contributed by atoms with Gasteiger partial charge in [0.2, 0.25) is 5.76 Å². The number of benzene rings is 2. The largest absolute Gasteiger partial charge is 0.493 e. The normalized spacial score (nSPS) is 15.1. The number of carbonyl (C=O) groups excluding carboxylic acids is 1. The van der Waals surface area contributed by atoms with Crippen molar-refractivity contribution < 1.29 is 18.7 Å². The van der Waals surface area contributed by atoms with Gasteiger partial charge in [-0.2, -0.15) is 0 Å². The molecule has 0 fully saturated rings. The Hall–Kier alpha value is -3.28. The summed E-state index contributed by atoms with van der Waals surface area (Å²) in [7, 11) is 1.60. The molecule has 0 aliphatic carbocycles. The van der Waals surface area contributed by atoms with Crippen LogP contribution in [0.5, 0.6) is 11.5 Å². The van der Waals surface area contributed by atoms with Crippen LogP contribution in [0.25, 0.3) is 11.0 Å². The number of amides is 1. The Morgan fingerprint density at radius 2 is 1.74 bits per heavy atom. The predicted octanol–water partition coefficient (Wildman–Crippen LogP) is 6.11. The molecule has 2 aromatic carbocycles. The van der Waals surface area contributed by atoms with Gasteiger partial charge < -0.3 is 18.8 Å². The van der Waals surface area contributed by atoms with Crippen LogP contribution in [0.4, 0.5) is 0 Å². The molecule has 1 aromatic heterocycles. The molecule has 0 radical (unpaired) electrons. The fourth-order valence-corrected chi connectivity index (χ4v) is 4.56. The first-order valence-corrected chi connectivity index (χ1v) is 12.3. The lowest BCUT2D eigenvalue weighted by Crippen LogP contribution is -2.30. The maximum absolute atomic E-state index is 13.5. The van der Waals surface area contributed by atoms with Gasteiger partial charge in [-0.05, 0) is 42.7 Å². The Labute approximate surface area is 200 Å². The SMILES string of the molecule is CCCCCCOc1ccc(C2c3c(oc4ccccc4c3=O)C(=O)N2CCCC)cc1OC. The average molecular weight is 464 g/mol. The van der Waals surface area contributed by atoms with Crippen LogP contribution in [-0.4, -0.2) is 31.1 Å². The van der Waals surface area contributed by atoms with Gasteiger partial charge in [0, 0.05) is 6.54 Å². The molecule has 0 saturated heterocycles. The van der Waals surface area contributed by atoms with Crippen LogP contribution in [0.15, 0.2) is 51.7 Å². The summed E-state index contributed by atoms with van der Waals surface area (Å²) in [6.07, 6.45) is 6.26. The topological polar surface area (TPSA) is 69.0 Å². The second kappa shape index (κ2) is 10.8. The lowest BCUT2D eigenvalue weighted by Gasteiger charge is -2.25. The van der Waals surface area contributed by atoms with Gasteiger partial charge in [0.1, 0.15) is 5.58 Å². The fourth-order valence-electron chi connectivity index (χ4n) is 4.56. The molecule has 6 heteroatoms. The van der Waals surface area contributed by atoms with E-state index in [0.717, 1.165) is 31.2 Å². The van der Waals surface area contributed by atoms with E-state index in [1.54, 1.807) is 30.2 Å². The van der Waals surface area contributed by atoms with Gasteiger partial charge in [-0.3, -0.25) is 9.59 Å². The minimum absolute atomic E-state index is 0.139. The monoisotopic (exact) mass is 463 g/mol. The Morgan fingerprint density at radius 1 is 0.941 bits per heavy atom. The van der Waals surface area contributed by atoms with E-state index in [0.29, 0.717) is 41.2 Å². The fraction of sp³-hybridized carbons (Fsp3) is 0.429. The summed E-state index contributed by atoms with van der Waals surface area (Å²) in [4.78, 5) is 28.6. The van der Waals surface area contributed by atoms with Crippen molar-refractivity contribution in [1.29, 1.82) is 0 Å². The molecule has 0 spiro atoms. The molecule has 1 aliphatic heterocycles. The summed E-state index contributed by atoms with van der Waals surface area (Å²) in [5, 5.41) is 0.482. The summed E-state index contributed by atoms with van der Waals surface area (Å²) in [5.74, 6) is 1.15. The molecular weight excluding hydrogens is 430 g/mol. The molecule has 6 nitrogen and oxygen atoms in total. The first-order valence-electron chi connectivity index (χ1n) is 12.3. The Bertz CT molecular complexity index is 1220. The zero-order valence-corrected chi connectivity index (χ0v) is 20.3. The van der Waals surface area contributed by atoms with Crippen LogP contribution in [0.3, 0.4) is 0 Å². The van der Waals surface area contributed by atoms with Gasteiger partial charge in [-0.25, -0.2) is 0 Å². The molecule has 3 aromatic rings. The van der Waals surface area contributed by atoms with E-state index in [4.69, 9.17) is 13.9 Å². The molecule has 1 amide bonds. The molecule has 1 aliphatic rings. The first kappa shape index (κ1) is 23.9. The second-order valence-corrected chi connectivity index (χ2v) is 8.74. The van der Waals surface area contributed by atoms with E-state index in [-0.39, 0.29) is 17.1 Å². The maximum Gasteiger partial charge on any atom is 0.290 e. The van der Waals surface area contributed by atoms with Crippen molar-refractivity contribution in [1.82, 2.24) is 4.90 Å². The number of hydrogen-bond donors (Lipinski definition) is 0. The summed E-state index contributed by atoms with van der Waals surface area (Å²) < 4.78 is 17.6. The van der Waals surface area contributed by atoms with Gasteiger partial charge in [-0.1, -0.05) is 57.7 Å². The van der Waals surface area contributed by atoms with E-state index in [1.165, 1.54) is 12.8 Å². The van der Waals surface area contributed by atoms with Crippen LogP contribution < -0.4 is 14.9 Å². The summed E-state index contributed by atoms with van der Waals surface area (Å²) in [6, 6.07) is 12.2.